The van der Waals surface area contributed by atoms with Crippen LogP contribution in [0.2, 0.25) is 5.02 Å². The summed E-state index contributed by atoms with van der Waals surface area (Å²) in [5, 5.41) is 0.509. The van der Waals surface area contributed by atoms with Crippen LogP contribution in [0.3, 0.4) is 0 Å². The molecule has 0 N–H and O–H groups in total. The van der Waals surface area contributed by atoms with Crippen LogP contribution in [0.1, 0.15) is 16.8 Å². The van der Waals surface area contributed by atoms with Crippen LogP contribution >= 0.6 is 11.6 Å². The summed E-state index contributed by atoms with van der Waals surface area (Å²) in [6, 6.07) is 11.0. The summed E-state index contributed by atoms with van der Waals surface area (Å²) in [6.45, 7) is 1.97. The quantitative estimate of drug-likeness (QED) is 0.631. The Kier molecular flexibility index (Phi) is 3.54. The third-order valence-electron chi connectivity index (χ3n) is 3.04. The van der Waals surface area contributed by atoms with Gasteiger partial charge >= 0.3 is 5.97 Å². The number of benzene rings is 1. The van der Waals surface area contributed by atoms with Crippen molar-refractivity contribution in [3.8, 4) is 0 Å². The van der Waals surface area contributed by atoms with Crippen molar-refractivity contribution in [1.29, 1.82) is 0 Å². The van der Waals surface area contributed by atoms with Crippen molar-refractivity contribution in [2.24, 2.45) is 4.99 Å². The minimum Gasteiger partial charge on any atom is -0.400 e. The molecule has 0 unspecified atom stereocenters. The Bertz CT molecular complexity index is 781. The summed E-state index contributed by atoms with van der Waals surface area (Å²) in [5.41, 5.74) is 2.67. The van der Waals surface area contributed by atoms with Crippen molar-refractivity contribution < 1.29 is 9.53 Å². The zero-order valence-electron chi connectivity index (χ0n) is 11.2. The van der Waals surface area contributed by atoms with E-state index in [0.717, 1.165) is 11.1 Å². The van der Waals surface area contributed by atoms with Gasteiger partial charge in [0.1, 0.15) is 5.69 Å². The molecule has 104 valence electrons. The van der Waals surface area contributed by atoms with Gasteiger partial charge in [0.2, 0.25) is 5.90 Å². The average Bonchev–Trinajstić information content (AvgIpc) is 2.83. The molecule has 0 fully saturated rings. The third-order valence-corrected chi connectivity index (χ3v) is 3.28. The van der Waals surface area contributed by atoms with Crippen LogP contribution in [0.15, 0.2) is 53.3 Å². The lowest BCUT2D eigenvalue weighted by atomic mass is 10.1. The molecule has 1 aliphatic heterocycles. The predicted octanol–water partition coefficient (Wildman–Crippen LogP) is 3.39. The Morgan fingerprint density at radius 3 is 2.81 bits per heavy atom. The molecule has 1 aromatic heterocycles. The second-order valence-electron chi connectivity index (χ2n) is 4.55. The maximum atomic E-state index is 11.9. The molecule has 0 atom stereocenters. The normalized spacial score (nSPS) is 16.0. The largest absolute Gasteiger partial charge is 0.400 e. The number of rotatable bonds is 2. The number of ether oxygens (including phenoxy) is 1. The molecule has 1 aliphatic rings. The number of pyridine rings is 1. The highest BCUT2D eigenvalue weighted by molar-refractivity contribution is 6.31. The average molecular weight is 299 g/mol. The molecule has 0 radical (unpaired) electrons. The number of carbonyl (C=O) groups is 1. The molecule has 0 saturated heterocycles. The number of carbonyl (C=O) groups excluding carboxylic acids is 1. The number of aryl methyl sites for hydroxylation is 1. The fourth-order valence-electron chi connectivity index (χ4n) is 1.94. The monoisotopic (exact) mass is 298 g/mol. The molecular weight excluding hydrogens is 288 g/mol. The Morgan fingerprint density at radius 2 is 2.05 bits per heavy atom. The molecule has 0 aliphatic carbocycles. The molecular formula is C16H11ClN2O2. The van der Waals surface area contributed by atoms with Gasteiger partial charge in [0.15, 0.2) is 5.70 Å². The van der Waals surface area contributed by atoms with Crippen molar-refractivity contribution in [2.45, 2.75) is 6.92 Å². The number of hydrogen-bond donors (Lipinski definition) is 0. The van der Waals surface area contributed by atoms with Crippen molar-refractivity contribution in [3.05, 3.63) is 70.1 Å². The summed E-state index contributed by atoms with van der Waals surface area (Å²) in [7, 11) is 0. The van der Waals surface area contributed by atoms with E-state index in [1.165, 1.54) is 6.20 Å². The molecule has 2 heterocycles. The first-order valence-electron chi connectivity index (χ1n) is 6.33. The first-order valence-corrected chi connectivity index (χ1v) is 6.71. The van der Waals surface area contributed by atoms with Crippen LogP contribution in [0.4, 0.5) is 0 Å². The second kappa shape index (κ2) is 5.50. The number of nitrogens with zero attached hydrogens (tertiary/aromatic N) is 2. The van der Waals surface area contributed by atoms with Crippen LogP contribution < -0.4 is 0 Å². The summed E-state index contributed by atoms with van der Waals surface area (Å²) in [6.07, 6.45) is 3.24. The summed E-state index contributed by atoms with van der Waals surface area (Å²) in [5.74, 6) is -0.322. The Balaban J connectivity index is 1.98. The zero-order chi connectivity index (χ0) is 14.8. The summed E-state index contributed by atoms with van der Waals surface area (Å²) in [4.78, 5) is 20.2. The van der Waals surface area contributed by atoms with Gasteiger partial charge in [-0.05, 0) is 36.3 Å². The SMILES string of the molecule is Cc1ccccc1/C=C1\N=C(c2cc(Cl)ccn2)OC1=O. The van der Waals surface area contributed by atoms with E-state index in [4.69, 9.17) is 16.3 Å². The van der Waals surface area contributed by atoms with E-state index in [9.17, 15) is 4.79 Å². The number of aliphatic imine (C=N–C) groups is 1. The Morgan fingerprint density at radius 1 is 1.24 bits per heavy atom. The molecule has 4 nitrogen and oxygen atoms in total. The maximum Gasteiger partial charge on any atom is 0.363 e. The van der Waals surface area contributed by atoms with Gasteiger partial charge in [0, 0.05) is 11.2 Å². The molecule has 0 saturated carbocycles. The lowest BCUT2D eigenvalue weighted by molar-refractivity contribution is -0.129. The molecule has 21 heavy (non-hydrogen) atoms. The van der Waals surface area contributed by atoms with Gasteiger partial charge in [-0.1, -0.05) is 35.9 Å². The molecule has 0 bridgehead atoms. The standard InChI is InChI=1S/C16H11ClN2O2/c1-10-4-2-3-5-11(10)8-14-16(20)21-15(19-14)13-9-12(17)6-7-18-13/h2-9H,1H3/b14-8-. The van der Waals surface area contributed by atoms with Crippen LogP contribution in [-0.4, -0.2) is 16.9 Å². The summed E-state index contributed by atoms with van der Waals surface area (Å²) >= 11 is 5.90. The Hall–Kier alpha value is -2.46. The van der Waals surface area contributed by atoms with Crippen LogP contribution in [0.5, 0.6) is 0 Å². The van der Waals surface area contributed by atoms with Gasteiger partial charge in [0.25, 0.3) is 0 Å². The predicted molar refractivity (Wildman–Crippen MR) is 81.0 cm³/mol. The van der Waals surface area contributed by atoms with Gasteiger partial charge in [-0.3, -0.25) is 4.98 Å². The first kappa shape index (κ1) is 13.5. The van der Waals surface area contributed by atoms with Crippen LogP contribution in [0.25, 0.3) is 6.08 Å². The summed E-state index contributed by atoms with van der Waals surface area (Å²) < 4.78 is 5.15. The van der Waals surface area contributed by atoms with Crippen molar-refractivity contribution in [1.82, 2.24) is 4.98 Å². The number of aromatic nitrogens is 1. The van der Waals surface area contributed by atoms with Gasteiger partial charge in [-0.2, -0.15) is 0 Å². The maximum absolute atomic E-state index is 11.9. The highest BCUT2D eigenvalue weighted by Crippen LogP contribution is 2.20. The third kappa shape index (κ3) is 2.85. The topological polar surface area (TPSA) is 51.6 Å². The van der Waals surface area contributed by atoms with E-state index >= 15 is 0 Å². The van der Waals surface area contributed by atoms with E-state index in [2.05, 4.69) is 9.98 Å². The molecule has 0 amide bonds. The van der Waals surface area contributed by atoms with E-state index in [0.29, 0.717) is 10.7 Å². The highest BCUT2D eigenvalue weighted by Gasteiger charge is 2.25. The molecule has 2 aromatic rings. The molecule has 5 heteroatoms. The van der Waals surface area contributed by atoms with E-state index in [1.807, 2.05) is 31.2 Å². The van der Waals surface area contributed by atoms with Crippen molar-refractivity contribution in [3.63, 3.8) is 0 Å². The van der Waals surface area contributed by atoms with Gasteiger partial charge in [-0.15, -0.1) is 0 Å². The first-order chi connectivity index (χ1) is 10.1. The van der Waals surface area contributed by atoms with E-state index in [1.54, 1.807) is 18.2 Å². The number of cyclic esters (lactones) is 1. The van der Waals surface area contributed by atoms with Gasteiger partial charge in [0.05, 0.1) is 0 Å². The van der Waals surface area contributed by atoms with Gasteiger partial charge < -0.3 is 4.74 Å². The smallest absolute Gasteiger partial charge is 0.363 e. The minimum absolute atomic E-state index is 0.169. The number of hydrogen-bond acceptors (Lipinski definition) is 4. The number of esters is 1. The Labute approximate surface area is 126 Å². The van der Waals surface area contributed by atoms with Crippen molar-refractivity contribution in [2.75, 3.05) is 0 Å². The van der Waals surface area contributed by atoms with Crippen LogP contribution in [0, 0.1) is 6.92 Å². The second-order valence-corrected chi connectivity index (χ2v) is 4.99. The molecule has 1 aromatic carbocycles. The van der Waals surface area contributed by atoms with Crippen molar-refractivity contribution >= 4 is 29.5 Å². The van der Waals surface area contributed by atoms with Crippen LogP contribution in [-0.2, 0) is 9.53 Å². The highest BCUT2D eigenvalue weighted by atomic mass is 35.5. The fraction of sp³-hybridized carbons (Fsp3) is 0.0625. The van der Waals surface area contributed by atoms with E-state index < -0.39 is 5.97 Å². The number of halogens is 1. The lowest BCUT2D eigenvalue weighted by Gasteiger charge is -1.98. The lowest BCUT2D eigenvalue weighted by Crippen LogP contribution is -2.07. The van der Waals surface area contributed by atoms with E-state index in [-0.39, 0.29) is 11.6 Å². The molecule has 0 spiro atoms. The van der Waals surface area contributed by atoms with Gasteiger partial charge in [-0.25, -0.2) is 9.79 Å². The zero-order valence-corrected chi connectivity index (χ0v) is 12.0. The molecule has 3 rings (SSSR count). The fourth-order valence-corrected chi connectivity index (χ4v) is 2.10. The minimum atomic E-state index is -0.491.